The maximum atomic E-state index is 11.4. The molecule has 4 heteroatoms. The first-order valence-electron chi connectivity index (χ1n) is 5.86. The Morgan fingerprint density at radius 1 is 1.67 bits per heavy atom. The molecule has 18 heavy (non-hydrogen) atoms. The summed E-state index contributed by atoms with van der Waals surface area (Å²) in [5, 5.41) is 9.34. The van der Waals surface area contributed by atoms with Crippen LogP contribution < -0.4 is 0 Å². The molecule has 0 radical (unpaired) electrons. The minimum atomic E-state index is -0.982. The minimum absolute atomic E-state index is 0.255. The number of carbonyl (C=O) groups is 1. The summed E-state index contributed by atoms with van der Waals surface area (Å²) in [5.41, 5.74) is 1.51. The van der Waals surface area contributed by atoms with Crippen LogP contribution in [0.1, 0.15) is 20.3 Å². The quantitative estimate of drug-likeness (QED) is 0.779. The Kier molecular flexibility index (Phi) is 3.03. The van der Waals surface area contributed by atoms with Crippen LogP contribution in [0, 0.1) is 5.41 Å². The lowest BCUT2D eigenvalue weighted by Gasteiger charge is -2.29. The van der Waals surface area contributed by atoms with Gasteiger partial charge in [-0.2, -0.15) is 0 Å². The van der Waals surface area contributed by atoms with E-state index in [-0.39, 0.29) is 12.0 Å². The standard InChI is InChI=1S/C14H17NO3/c1-4-7-15(13(16)17)12-11-10(6-5-8-18-11)9-14(12,2)3/h4-6,8H,1,7,9H2,2-3H3,(H,16,17). The van der Waals surface area contributed by atoms with Gasteiger partial charge >= 0.3 is 6.09 Å². The van der Waals surface area contributed by atoms with Crippen molar-refractivity contribution in [2.75, 3.05) is 6.54 Å². The summed E-state index contributed by atoms with van der Waals surface area (Å²) >= 11 is 0. The molecule has 0 spiro atoms. The molecule has 0 saturated carbocycles. The summed E-state index contributed by atoms with van der Waals surface area (Å²) in [5.74, 6) is 0.673. The van der Waals surface area contributed by atoms with Crippen LogP contribution in [0.25, 0.3) is 0 Å². The number of nitrogens with zero attached hydrogens (tertiary/aromatic N) is 1. The Labute approximate surface area is 107 Å². The smallest absolute Gasteiger partial charge is 0.411 e. The summed E-state index contributed by atoms with van der Waals surface area (Å²) in [6, 6.07) is 0. The summed E-state index contributed by atoms with van der Waals surface area (Å²) < 4.78 is 5.52. The average molecular weight is 247 g/mol. The van der Waals surface area contributed by atoms with E-state index < -0.39 is 6.09 Å². The molecule has 0 aromatic rings. The number of ether oxygens (including phenoxy) is 1. The Hall–Kier alpha value is -1.97. The van der Waals surface area contributed by atoms with Crippen LogP contribution in [-0.2, 0) is 4.74 Å². The highest BCUT2D eigenvalue weighted by Gasteiger charge is 2.42. The molecular weight excluding hydrogens is 230 g/mol. The fourth-order valence-electron chi connectivity index (χ4n) is 2.51. The van der Waals surface area contributed by atoms with Crippen LogP contribution in [0.4, 0.5) is 4.79 Å². The van der Waals surface area contributed by atoms with E-state index in [0.29, 0.717) is 11.5 Å². The van der Waals surface area contributed by atoms with Crippen LogP contribution in [0.15, 0.2) is 48.1 Å². The van der Waals surface area contributed by atoms with Crippen molar-refractivity contribution < 1.29 is 14.6 Å². The van der Waals surface area contributed by atoms with Crippen LogP contribution in [0.3, 0.4) is 0 Å². The molecule has 0 aromatic carbocycles. The van der Waals surface area contributed by atoms with Gasteiger partial charge in [-0.1, -0.05) is 26.0 Å². The second-order valence-corrected chi connectivity index (χ2v) is 5.06. The summed E-state index contributed by atoms with van der Waals surface area (Å²) in [7, 11) is 0. The summed E-state index contributed by atoms with van der Waals surface area (Å²) in [6.07, 6.45) is 6.76. The van der Waals surface area contributed by atoms with Crippen molar-refractivity contribution in [3.63, 3.8) is 0 Å². The van der Waals surface area contributed by atoms with Gasteiger partial charge in [0.25, 0.3) is 0 Å². The van der Waals surface area contributed by atoms with Crippen LogP contribution in [0.2, 0.25) is 0 Å². The van der Waals surface area contributed by atoms with E-state index in [1.54, 1.807) is 12.3 Å². The number of fused-ring (bicyclic) bond motifs is 1. The van der Waals surface area contributed by atoms with Crippen molar-refractivity contribution in [3.8, 4) is 0 Å². The Balaban J connectivity index is 2.50. The minimum Gasteiger partial charge on any atom is -0.465 e. The maximum absolute atomic E-state index is 11.4. The Bertz CT molecular complexity index is 483. The monoisotopic (exact) mass is 247 g/mol. The zero-order valence-electron chi connectivity index (χ0n) is 10.6. The normalized spacial score (nSPS) is 20.0. The van der Waals surface area contributed by atoms with Gasteiger partial charge in [-0.05, 0) is 18.1 Å². The van der Waals surface area contributed by atoms with Gasteiger partial charge in [0.1, 0.15) is 5.76 Å². The SMILES string of the molecule is C=CCN(C(=O)O)C1=C2OC=CC=C2CC1(C)C. The van der Waals surface area contributed by atoms with Gasteiger partial charge in [0, 0.05) is 12.0 Å². The van der Waals surface area contributed by atoms with Crippen LogP contribution in [-0.4, -0.2) is 22.6 Å². The second-order valence-electron chi connectivity index (χ2n) is 5.06. The molecule has 0 bridgehead atoms. The van der Waals surface area contributed by atoms with E-state index in [1.807, 2.05) is 26.0 Å². The van der Waals surface area contributed by atoms with E-state index in [4.69, 9.17) is 4.74 Å². The molecule has 1 N–H and O–H groups in total. The molecule has 0 unspecified atom stereocenters. The van der Waals surface area contributed by atoms with Gasteiger partial charge in [-0.3, -0.25) is 4.90 Å². The molecule has 96 valence electrons. The van der Waals surface area contributed by atoms with Crippen LogP contribution >= 0.6 is 0 Å². The molecule has 1 heterocycles. The second kappa shape index (κ2) is 4.37. The van der Waals surface area contributed by atoms with Crippen molar-refractivity contribution in [2.24, 2.45) is 5.41 Å². The van der Waals surface area contributed by atoms with Crippen molar-refractivity contribution >= 4 is 6.09 Å². The molecule has 0 atom stereocenters. The lowest BCUT2D eigenvalue weighted by molar-refractivity contribution is 0.150. The Morgan fingerprint density at radius 2 is 2.39 bits per heavy atom. The molecule has 2 aliphatic rings. The van der Waals surface area contributed by atoms with E-state index in [1.165, 1.54) is 4.90 Å². The van der Waals surface area contributed by atoms with E-state index >= 15 is 0 Å². The third kappa shape index (κ3) is 1.94. The third-order valence-corrected chi connectivity index (χ3v) is 3.15. The molecular formula is C14H17NO3. The topological polar surface area (TPSA) is 49.8 Å². The first-order valence-corrected chi connectivity index (χ1v) is 5.86. The number of hydrogen-bond acceptors (Lipinski definition) is 2. The molecule has 1 amide bonds. The van der Waals surface area contributed by atoms with Crippen LogP contribution in [0.5, 0.6) is 0 Å². The van der Waals surface area contributed by atoms with Crippen molar-refractivity contribution in [1.82, 2.24) is 4.90 Å². The highest BCUT2D eigenvalue weighted by Crippen LogP contribution is 2.48. The summed E-state index contributed by atoms with van der Waals surface area (Å²) in [4.78, 5) is 12.7. The Morgan fingerprint density at radius 3 is 3.00 bits per heavy atom. The van der Waals surface area contributed by atoms with Crippen molar-refractivity contribution in [1.29, 1.82) is 0 Å². The van der Waals surface area contributed by atoms with Gasteiger partial charge in [0.2, 0.25) is 0 Å². The molecule has 0 saturated heterocycles. The van der Waals surface area contributed by atoms with Gasteiger partial charge in [0.15, 0.2) is 0 Å². The first kappa shape index (κ1) is 12.5. The average Bonchev–Trinajstić information content (AvgIpc) is 2.56. The lowest BCUT2D eigenvalue weighted by Crippen LogP contribution is -2.34. The predicted octanol–water partition coefficient (Wildman–Crippen LogP) is 3.26. The van der Waals surface area contributed by atoms with Gasteiger partial charge in [0.05, 0.1) is 12.0 Å². The third-order valence-electron chi connectivity index (χ3n) is 3.15. The fraction of sp³-hybridized carbons (Fsp3) is 0.357. The zero-order valence-corrected chi connectivity index (χ0v) is 10.6. The molecule has 0 fully saturated rings. The van der Waals surface area contributed by atoms with E-state index in [2.05, 4.69) is 6.58 Å². The van der Waals surface area contributed by atoms with Gasteiger partial charge in [-0.15, -0.1) is 6.58 Å². The predicted molar refractivity (Wildman–Crippen MR) is 68.7 cm³/mol. The number of allylic oxidation sites excluding steroid dienone is 4. The molecule has 1 aliphatic carbocycles. The molecule has 1 aliphatic heterocycles. The van der Waals surface area contributed by atoms with Crippen molar-refractivity contribution in [2.45, 2.75) is 20.3 Å². The van der Waals surface area contributed by atoms with Crippen molar-refractivity contribution in [3.05, 3.63) is 48.1 Å². The maximum Gasteiger partial charge on any atom is 0.411 e. The molecule has 4 nitrogen and oxygen atoms in total. The lowest BCUT2D eigenvalue weighted by atomic mass is 9.88. The number of hydrogen-bond donors (Lipinski definition) is 1. The number of carboxylic acid groups (broad SMARTS) is 1. The number of rotatable bonds is 3. The van der Waals surface area contributed by atoms with Gasteiger partial charge < -0.3 is 9.84 Å². The molecule has 0 aromatic heterocycles. The summed E-state index contributed by atoms with van der Waals surface area (Å²) in [6.45, 7) is 7.92. The van der Waals surface area contributed by atoms with E-state index in [0.717, 1.165) is 12.0 Å². The zero-order chi connectivity index (χ0) is 13.3. The van der Waals surface area contributed by atoms with E-state index in [9.17, 15) is 9.90 Å². The molecule has 2 rings (SSSR count). The highest BCUT2D eigenvalue weighted by molar-refractivity contribution is 5.69. The van der Waals surface area contributed by atoms with Gasteiger partial charge in [-0.25, -0.2) is 4.79 Å². The largest absolute Gasteiger partial charge is 0.465 e. The fourth-order valence-corrected chi connectivity index (χ4v) is 2.51. The highest BCUT2D eigenvalue weighted by atomic mass is 16.5. The number of amides is 1. The first-order chi connectivity index (χ1) is 8.47.